The first-order chi connectivity index (χ1) is 7.55. The molecular weight excluding hydrogens is 220 g/mol. The van der Waals surface area contributed by atoms with Crippen LogP contribution in [0.5, 0.6) is 0 Å². The number of hydrogen-bond acceptors (Lipinski definition) is 1. The van der Waals surface area contributed by atoms with Gasteiger partial charge in [0.05, 0.1) is 11.7 Å². The Morgan fingerprint density at radius 2 is 1.81 bits per heavy atom. The third kappa shape index (κ3) is 2.92. The fraction of sp³-hybridized carbons (Fsp3) is 1.00. The van der Waals surface area contributed by atoms with E-state index in [1.54, 1.807) is 0 Å². The number of ether oxygens (including phenoxy) is 1. The number of alkyl halides is 1. The largest absolute Gasteiger partial charge is 0.372 e. The lowest BCUT2D eigenvalue weighted by Gasteiger charge is -2.37. The lowest BCUT2D eigenvalue weighted by atomic mass is 9.72. The van der Waals surface area contributed by atoms with Crippen LogP contribution in [0.2, 0.25) is 0 Å². The van der Waals surface area contributed by atoms with Gasteiger partial charge >= 0.3 is 0 Å². The van der Waals surface area contributed by atoms with E-state index in [1.165, 1.54) is 51.4 Å². The Morgan fingerprint density at radius 1 is 1.12 bits per heavy atom. The molecule has 1 saturated heterocycles. The summed E-state index contributed by atoms with van der Waals surface area (Å²) in [6.45, 7) is 4.42. The van der Waals surface area contributed by atoms with E-state index in [4.69, 9.17) is 16.3 Å². The van der Waals surface area contributed by atoms with E-state index in [0.717, 1.165) is 5.88 Å². The van der Waals surface area contributed by atoms with Gasteiger partial charge in [0.1, 0.15) is 0 Å². The van der Waals surface area contributed by atoms with E-state index in [9.17, 15) is 0 Å². The molecule has 2 aliphatic rings. The van der Waals surface area contributed by atoms with Crippen molar-refractivity contribution in [2.75, 3.05) is 5.88 Å². The highest BCUT2D eigenvalue weighted by molar-refractivity contribution is 6.18. The average Bonchev–Trinajstić information content (AvgIpc) is 2.59. The van der Waals surface area contributed by atoms with Crippen molar-refractivity contribution in [3.8, 4) is 0 Å². The molecule has 0 bridgehead atoms. The summed E-state index contributed by atoms with van der Waals surface area (Å²) < 4.78 is 6.12. The number of rotatable bonds is 3. The Bertz CT molecular complexity index is 231. The number of halogens is 1. The first-order valence-corrected chi connectivity index (χ1v) is 7.33. The molecule has 0 N–H and O–H groups in total. The zero-order valence-electron chi connectivity index (χ0n) is 10.7. The summed E-state index contributed by atoms with van der Waals surface area (Å²) in [5.41, 5.74) is 0.498. The standard InChI is InChI=1S/C14H25ClO/c1-13(2)9-6-12(16-13)10-14(11-15)7-4-3-5-8-14/h12H,3-11H2,1-2H3. The zero-order chi connectivity index (χ0) is 11.6. The molecule has 0 radical (unpaired) electrons. The molecule has 0 aromatic heterocycles. The highest BCUT2D eigenvalue weighted by Crippen LogP contribution is 2.44. The third-order valence-corrected chi connectivity index (χ3v) is 4.98. The van der Waals surface area contributed by atoms with Crippen molar-refractivity contribution in [3.05, 3.63) is 0 Å². The molecule has 94 valence electrons. The van der Waals surface area contributed by atoms with Crippen molar-refractivity contribution in [3.63, 3.8) is 0 Å². The molecule has 2 fully saturated rings. The van der Waals surface area contributed by atoms with Crippen molar-refractivity contribution in [2.45, 2.75) is 76.9 Å². The first kappa shape index (κ1) is 12.7. The first-order valence-electron chi connectivity index (χ1n) is 6.79. The topological polar surface area (TPSA) is 9.23 Å². The quantitative estimate of drug-likeness (QED) is 0.663. The minimum absolute atomic E-state index is 0.104. The van der Waals surface area contributed by atoms with Crippen LogP contribution in [0, 0.1) is 5.41 Å². The highest BCUT2D eigenvalue weighted by atomic mass is 35.5. The second-order valence-electron chi connectivity index (χ2n) is 6.44. The van der Waals surface area contributed by atoms with E-state index in [1.807, 2.05) is 0 Å². The predicted molar refractivity (Wildman–Crippen MR) is 69.0 cm³/mol. The molecule has 1 aliphatic heterocycles. The van der Waals surface area contributed by atoms with Gasteiger partial charge in [-0.25, -0.2) is 0 Å². The van der Waals surface area contributed by atoms with Crippen LogP contribution in [-0.2, 0) is 4.74 Å². The van der Waals surface area contributed by atoms with Crippen molar-refractivity contribution in [1.29, 1.82) is 0 Å². The van der Waals surface area contributed by atoms with E-state index < -0.39 is 0 Å². The van der Waals surface area contributed by atoms with Gasteiger partial charge in [0.15, 0.2) is 0 Å². The summed E-state index contributed by atoms with van der Waals surface area (Å²) >= 11 is 6.23. The SMILES string of the molecule is CC1(C)CCC(CC2(CCl)CCCCC2)O1. The van der Waals surface area contributed by atoms with Crippen molar-refractivity contribution >= 4 is 11.6 Å². The Hall–Kier alpha value is 0.250. The summed E-state index contributed by atoms with van der Waals surface area (Å²) in [5.74, 6) is 0.827. The third-order valence-electron chi connectivity index (χ3n) is 4.41. The molecule has 1 aliphatic carbocycles. The molecule has 1 atom stereocenters. The minimum atomic E-state index is 0.104. The monoisotopic (exact) mass is 244 g/mol. The molecule has 16 heavy (non-hydrogen) atoms. The molecule has 1 nitrogen and oxygen atoms in total. The number of hydrogen-bond donors (Lipinski definition) is 0. The molecule has 2 rings (SSSR count). The molecule has 0 spiro atoms. The van der Waals surface area contributed by atoms with Crippen LogP contribution >= 0.6 is 11.6 Å². The molecule has 0 amide bonds. The molecule has 1 unspecified atom stereocenters. The molecule has 2 heteroatoms. The van der Waals surface area contributed by atoms with Gasteiger partial charge in [0.2, 0.25) is 0 Å². The zero-order valence-corrected chi connectivity index (χ0v) is 11.5. The van der Waals surface area contributed by atoms with Crippen LogP contribution in [0.3, 0.4) is 0 Å². The Balaban J connectivity index is 1.91. The van der Waals surface area contributed by atoms with Gasteiger partial charge < -0.3 is 4.74 Å². The summed E-state index contributed by atoms with van der Waals surface area (Å²) in [6, 6.07) is 0. The average molecular weight is 245 g/mol. The summed E-state index contributed by atoms with van der Waals surface area (Å²) in [7, 11) is 0. The molecule has 1 saturated carbocycles. The minimum Gasteiger partial charge on any atom is -0.372 e. The van der Waals surface area contributed by atoms with Crippen LogP contribution in [-0.4, -0.2) is 17.6 Å². The Kier molecular flexibility index (Phi) is 3.86. The van der Waals surface area contributed by atoms with Gasteiger partial charge in [-0.15, -0.1) is 11.6 Å². The van der Waals surface area contributed by atoms with Crippen LogP contribution < -0.4 is 0 Å². The summed E-state index contributed by atoms with van der Waals surface area (Å²) in [4.78, 5) is 0. The van der Waals surface area contributed by atoms with Gasteiger partial charge in [0, 0.05) is 5.88 Å². The normalized spacial score (nSPS) is 32.8. The fourth-order valence-electron chi connectivity index (χ4n) is 3.40. The lowest BCUT2D eigenvalue weighted by Crippen LogP contribution is -2.32. The fourth-order valence-corrected chi connectivity index (χ4v) is 3.77. The maximum Gasteiger partial charge on any atom is 0.0631 e. The van der Waals surface area contributed by atoms with Crippen LogP contribution in [0.1, 0.15) is 65.2 Å². The maximum atomic E-state index is 6.23. The van der Waals surface area contributed by atoms with Crippen molar-refractivity contribution in [2.24, 2.45) is 5.41 Å². The van der Waals surface area contributed by atoms with Crippen LogP contribution in [0.25, 0.3) is 0 Å². The lowest BCUT2D eigenvalue weighted by molar-refractivity contribution is -0.0376. The van der Waals surface area contributed by atoms with Crippen molar-refractivity contribution in [1.82, 2.24) is 0 Å². The molecule has 0 aromatic rings. The van der Waals surface area contributed by atoms with Gasteiger partial charge in [0.25, 0.3) is 0 Å². The van der Waals surface area contributed by atoms with Crippen LogP contribution in [0.15, 0.2) is 0 Å². The van der Waals surface area contributed by atoms with Gasteiger partial charge in [-0.2, -0.15) is 0 Å². The summed E-state index contributed by atoms with van der Waals surface area (Å²) in [5, 5.41) is 0. The predicted octanol–water partition coefficient (Wildman–Crippen LogP) is 4.52. The maximum absolute atomic E-state index is 6.23. The second kappa shape index (κ2) is 4.86. The van der Waals surface area contributed by atoms with E-state index in [2.05, 4.69) is 13.8 Å². The Morgan fingerprint density at radius 3 is 2.31 bits per heavy atom. The molecule has 0 aromatic carbocycles. The van der Waals surface area contributed by atoms with Gasteiger partial charge in [-0.3, -0.25) is 0 Å². The van der Waals surface area contributed by atoms with E-state index >= 15 is 0 Å². The van der Waals surface area contributed by atoms with Gasteiger partial charge in [-0.1, -0.05) is 19.3 Å². The van der Waals surface area contributed by atoms with Crippen molar-refractivity contribution < 1.29 is 4.74 Å². The smallest absolute Gasteiger partial charge is 0.0631 e. The van der Waals surface area contributed by atoms with Crippen LogP contribution in [0.4, 0.5) is 0 Å². The van der Waals surface area contributed by atoms with Gasteiger partial charge in [-0.05, 0) is 51.4 Å². The molecular formula is C14H25ClO. The van der Waals surface area contributed by atoms with E-state index in [0.29, 0.717) is 11.5 Å². The van der Waals surface area contributed by atoms with E-state index in [-0.39, 0.29) is 5.60 Å². The second-order valence-corrected chi connectivity index (χ2v) is 6.70. The highest BCUT2D eigenvalue weighted by Gasteiger charge is 2.39. The molecule has 1 heterocycles. The Labute approximate surface area is 105 Å². The summed E-state index contributed by atoms with van der Waals surface area (Å²) in [6.07, 6.45) is 10.9.